The SMILES string of the molecule is NCC/C=C(/Cc1cn(CCC2CC2)cn1)C(=O)O. The lowest BCUT2D eigenvalue weighted by Crippen LogP contribution is -2.06. The second kappa shape index (κ2) is 6.52. The van der Waals surface area contributed by atoms with E-state index in [-0.39, 0.29) is 0 Å². The van der Waals surface area contributed by atoms with Crippen molar-refractivity contribution in [3.05, 3.63) is 29.9 Å². The first-order valence-corrected chi connectivity index (χ1v) is 6.82. The van der Waals surface area contributed by atoms with Crippen LogP contribution in [0.15, 0.2) is 24.2 Å². The second-order valence-electron chi connectivity index (χ2n) is 5.12. The molecular weight excluding hydrogens is 242 g/mol. The summed E-state index contributed by atoms with van der Waals surface area (Å²) in [6.07, 6.45) is 10.3. The summed E-state index contributed by atoms with van der Waals surface area (Å²) >= 11 is 0. The average molecular weight is 263 g/mol. The van der Waals surface area contributed by atoms with Crippen LogP contribution in [0.1, 0.15) is 31.4 Å². The van der Waals surface area contributed by atoms with Crippen molar-refractivity contribution in [3.63, 3.8) is 0 Å². The summed E-state index contributed by atoms with van der Waals surface area (Å²) in [5.74, 6) is 0.00543. The molecule has 5 heteroatoms. The first-order valence-electron chi connectivity index (χ1n) is 6.82. The van der Waals surface area contributed by atoms with Gasteiger partial charge in [0, 0.05) is 24.7 Å². The Hall–Kier alpha value is -1.62. The molecule has 1 aromatic heterocycles. The van der Waals surface area contributed by atoms with E-state index in [0.29, 0.717) is 25.0 Å². The molecular formula is C14H21N3O2. The van der Waals surface area contributed by atoms with Crippen molar-refractivity contribution < 1.29 is 9.90 Å². The lowest BCUT2D eigenvalue weighted by molar-refractivity contribution is -0.132. The maximum absolute atomic E-state index is 11.1. The number of carboxylic acids is 1. The molecule has 0 saturated heterocycles. The van der Waals surface area contributed by atoms with Gasteiger partial charge in [-0.2, -0.15) is 0 Å². The number of hydrogen-bond acceptors (Lipinski definition) is 3. The van der Waals surface area contributed by atoms with Gasteiger partial charge in [-0.3, -0.25) is 0 Å². The first-order chi connectivity index (χ1) is 9.19. The molecule has 3 N–H and O–H groups in total. The van der Waals surface area contributed by atoms with Crippen LogP contribution in [-0.2, 0) is 17.8 Å². The number of imidazole rings is 1. The van der Waals surface area contributed by atoms with E-state index in [1.54, 1.807) is 12.4 Å². The molecule has 104 valence electrons. The Morgan fingerprint density at radius 1 is 1.58 bits per heavy atom. The van der Waals surface area contributed by atoms with Crippen LogP contribution in [0.25, 0.3) is 0 Å². The third-order valence-electron chi connectivity index (χ3n) is 3.38. The Morgan fingerprint density at radius 2 is 2.37 bits per heavy atom. The summed E-state index contributed by atoms with van der Waals surface area (Å²) in [5.41, 5.74) is 6.57. The summed E-state index contributed by atoms with van der Waals surface area (Å²) in [5, 5.41) is 9.11. The zero-order valence-corrected chi connectivity index (χ0v) is 11.1. The molecule has 0 amide bonds. The highest BCUT2D eigenvalue weighted by atomic mass is 16.4. The molecule has 0 aliphatic heterocycles. The smallest absolute Gasteiger partial charge is 0.331 e. The first kappa shape index (κ1) is 13.8. The Balaban J connectivity index is 1.90. The van der Waals surface area contributed by atoms with Gasteiger partial charge in [-0.15, -0.1) is 0 Å². The van der Waals surface area contributed by atoms with Gasteiger partial charge in [0.25, 0.3) is 0 Å². The highest BCUT2D eigenvalue weighted by Gasteiger charge is 2.20. The van der Waals surface area contributed by atoms with E-state index in [9.17, 15) is 4.79 Å². The number of aromatic nitrogens is 2. The molecule has 1 saturated carbocycles. The summed E-state index contributed by atoms with van der Waals surface area (Å²) in [4.78, 5) is 15.4. The van der Waals surface area contributed by atoms with Gasteiger partial charge in [-0.1, -0.05) is 18.9 Å². The predicted octanol–water partition coefficient (Wildman–Crippen LogP) is 1.59. The third kappa shape index (κ3) is 4.52. The Bertz CT molecular complexity index is 461. The molecule has 0 bridgehead atoms. The van der Waals surface area contributed by atoms with Gasteiger partial charge in [0.1, 0.15) is 0 Å². The van der Waals surface area contributed by atoms with Crippen molar-refractivity contribution in [2.24, 2.45) is 11.7 Å². The highest BCUT2D eigenvalue weighted by Crippen LogP contribution is 2.32. The Labute approximate surface area is 113 Å². The molecule has 1 fully saturated rings. The van der Waals surface area contributed by atoms with Crippen molar-refractivity contribution in [2.45, 2.75) is 38.6 Å². The molecule has 1 heterocycles. The van der Waals surface area contributed by atoms with Gasteiger partial charge in [0.15, 0.2) is 0 Å². The van der Waals surface area contributed by atoms with E-state index in [4.69, 9.17) is 10.8 Å². The molecule has 0 atom stereocenters. The number of aryl methyl sites for hydroxylation is 1. The fraction of sp³-hybridized carbons (Fsp3) is 0.571. The molecule has 1 aromatic rings. The van der Waals surface area contributed by atoms with Crippen LogP contribution in [0.2, 0.25) is 0 Å². The minimum absolute atomic E-state index is 0.367. The number of nitrogens with zero attached hydrogens (tertiary/aromatic N) is 2. The number of nitrogens with two attached hydrogens (primary N) is 1. The monoisotopic (exact) mass is 263 g/mol. The van der Waals surface area contributed by atoms with E-state index < -0.39 is 5.97 Å². The summed E-state index contributed by atoms with van der Waals surface area (Å²) in [7, 11) is 0. The normalized spacial score (nSPS) is 15.7. The van der Waals surface area contributed by atoms with Crippen LogP contribution in [0.3, 0.4) is 0 Å². The lowest BCUT2D eigenvalue weighted by Gasteiger charge is -2.01. The molecule has 1 aliphatic carbocycles. The van der Waals surface area contributed by atoms with Gasteiger partial charge in [0.05, 0.1) is 12.0 Å². The number of rotatable bonds is 8. The zero-order chi connectivity index (χ0) is 13.7. The minimum Gasteiger partial charge on any atom is -0.478 e. The van der Waals surface area contributed by atoms with E-state index in [1.807, 2.05) is 6.20 Å². The predicted molar refractivity (Wildman–Crippen MR) is 72.7 cm³/mol. The van der Waals surface area contributed by atoms with Crippen molar-refractivity contribution in [2.75, 3.05) is 6.54 Å². The third-order valence-corrected chi connectivity index (χ3v) is 3.38. The topological polar surface area (TPSA) is 81.1 Å². The van der Waals surface area contributed by atoms with E-state index >= 15 is 0 Å². The van der Waals surface area contributed by atoms with Crippen LogP contribution >= 0.6 is 0 Å². The molecule has 0 aromatic carbocycles. The van der Waals surface area contributed by atoms with Gasteiger partial charge < -0.3 is 15.4 Å². The van der Waals surface area contributed by atoms with E-state index in [0.717, 1.165) is 18.2 Å². The number of carbonyl (C=O) groups is 1. The maximum Gasteiger partial charge on any atom is 0.331 e. The molecule has 2 rings (SSSR count). The van der Waals surface area contributed by atoms with Gasteiger partial charge in [-0.05, 0) is 25.3 Å². The van der Waals surface area contributed by atoms with Crippen LogP contribution in [0.4, 0.5) is 0 Å². The van der Waals surface area contributed by atoms with E-state index in [2.05, 4.69) is 9.55 Å². The molecule has 5 nitrogen and oxygen atoms in total. The molecule has 19 heavy (non-hydrogen) atoms. The fourth-order valence-electron chi connectivity index (χ4n) is 2.05. The second-order valence-corrected chi connectivity index (χ2v) is 5.12. The van der Waals surface area contributed by atoms with E-state index in [1.165, 1.54) is 19.3 Å². The average Bonchev–Trinajstić information content (AvgIpc) is 3.11. The lowest BCUT2D eigenvalue weighted by atomic mass is 10.1. The Kier molecular flexibility index (Phi) is 4.74. The fourth-order valence-corrected chi connectivity index (χ4v) is 2.05. The van der Waals surface area contributed by atoms with Crippen LogP contribution in [0, 0.1) is 5.92 Å². The van der Waals surface area contributed by atoms with Gasteiger partial charge in [0.2, 0.25) is 0 Å². The summed E-state index contributed by atoms with van der Waals surface area (Å²) in [6, 6.07) is 0. The highest BCUT2D eigenvalue weighted by molar-refractivity contribution is 5.86. The minimum atomic E-state index is -0.888. The summed E-state index contributed by atoms with van der Waals surface area (Å²) in [6.45, 7) is 1.44. The van der Waals surface area contributed by atoms with Crippen molar-refractivity contribution in [3.8, 4) is 0 Å². The quantitative estimate of drug-likeness (QED) is 0.698. The molecule has 0 unspecified atom stereocenters. The number of aliphatic carboxylic acids is 1. The molecule has 1 aliphatic rings. The van der Waals surface area contributed by atoms with Crippen molar-refractivity contribution >= 4 is 5.97 Å². The molecule has 0 spiro atoms. The van der Waals surface area contributed by atoms with Crippen molar-refractivity contribution in [1.29, 1.82) is 0 Å². The standard InChI is InChI=1S/C14H21N3O2/c15-6-1-2-12(14(18)19)8-13-9-17(10-16-13)7-5-11-3-4-11/h2,9-11H,1,3-8,15H2,(H,18,19)/b12-2-. The van der Waals surface area contributed by atoms with Gasteiger partial charge >= 0.3 is 5.97 Å². The van der Waals surface area contributed by atoms with Crippen LogP contribution < -0.4 is 5.73 Å². The van der Waals surface area contributed by atoms with Gasteiger partial charge in [-0.25, -0.2) is 9.78 Å². The zero-order valence-electron chi connectivity index (χ0n) is 11.1. The molecule has 0 radical (unpaired) electrons. The Morgan fingerprint density at radius 3 is 3.00 bits per heavy atom. The van der Waals surface area contributed by atoms with Crippen LogP contribution in [-0.4, -0.2) is 27.2 Å². The maximum atomic E-state index is 11.1. The van der Waals surface area contributed by atoms with Crippen molar-refractivity contribution in [1.82, 2.24) is 9.55 Å². The number of carboxylic acid groups (broad SMARTS) is 1. The number of hydrogen-bond donors (Lipinski definition) is 2. The van der Waals surface area contributed by atoms with Crippen LogP contribution in [0.5, 0.6) is 0 Å². The summed E-state index contributed by atoms with van der Waals surface area (Å²) < 4.78 is 2.05. The largest absolute Gasteiger partial charge is 0.478 e.